The van der Waals surface area contributed by atoms with Crippen LogP contribution in [-0.2, 0) is 29.9 Å². The van der Waals surface area contributed by atoms with Gasteiger partial charge in [-0.25, -0.2) is 4.79 Å². The van der Waals surface area contributed by atoms with Gasteiger partial charge in [0.15, 0.2) is 5.78 Å². The van der Waals surface area contributed by atoms with E-state index in [0.717, 1.165) is 12.0 Å². The van der Waals surface area contributed by atoms with E-state index in [4.69, 9.17) is 4.74 Å². The molecular formula is C20H20N2O6S. The Morgan fingerprint density at radius 3 is 2.45 bits per heavy atom. The van der Waals surface area contributed by atoms with Crippen LogP contribution in [-0.4, -0.2) is 56.5 Å². The number of ketones is 1. The number of methoxy groups -OCH3 is 1. The van der Waals surface area contributed by atoms with Gasteiger partial charge in [-0.15, -0.1) is 0 Å². The molecule has 0 saturated carbocycles. The first-order valence-electron chi connectivity index (χ1n) is 8.87. The van der Waals surface area contributed by atoms with Crippen LogP contribution in [0.2, 0.25) is 0 Å². The molecule has 1 aromatic rings. The molecule has 2 unspecified atom stereocenters. The van der Waals surface area contributed by atoms with Gasteiger partial charge in [-0.3, -0.25) is 23.5 Å². The molecule has 29 heavy (non-hydrogen) atoms. The molecule has 2 heterocycles. The summed E-state index contributed by atoms with van der Waals surface area (Å²) in [5, 5.41) is 0.428. The van der Waals surface area contributed by atoms with Gasteiger partial charge in [-0.05, 0) is 37.6 Å². The highest BCUT2D eigenvalue weighted by atomic mass is 32.2. The minimum absolute atomic E-state index is 0.102. The first-order valence-corrected chi connectivity index (χ1v) is 10.1. The zero-order valence-electron chi connectivity index (χ0n) is 16.1. The minimum Gasteiger partial charge on any atom is -0.464 e. The van der Waals surface area contributed by atoms with Crippen molar-refractivity contribution in [3.05, 3.63) is 59.3 Å². The summed E-state index contributed by atoms with van der Waals surface area (Å²) in [4.78, 5) is 51.1. The first kappa shape index (κ1) is 20.7. The molecule has 2 amide bonds. The number of benzene rings is 1. The van der Waals surface area contributed by atoms with Crippen molar-refractivity contribution in [1.29, 1.82) is 0 Å². The molecule has 0 bridgehead atoms. The topological polar surface area (TPSA) is 110 Å². The maximum absolute atomic E-state index is 13.2. The van der Waals surface area contributed by atoms with Crippen molar-refractivity contribution < 1.29 is 28.1 Å². The second-order valence-electron chi connectivity index (χ2n) is 6.55. The van der Waals surface area contributed by atoms with Gasteiger partial charge in [0.1, 0.15) is 22.4 Å². The molecule has 2 aliphatic rings. The normalized spacial score (nSPS) is 26.0. The SMILES string of the molecule is C/C=C/C(=O)C1C(C)=C(C(=O)OC)N2C(=O)[C@@H](NC(=O)c3ccccc3)[C@H]2S1=O. The van der Waals surface area contributed by atoms with E-state index in [1.807, 2.05) is 0 Å². The Labute approximate surface area is 170 Å². The number of ether oxygens (including phenoxy) is 1. The summed E-state index contributed by atoms with van der Waals surface area (Å²) in [5.41, 5.74) is 0.438. The lowest BCUT2D eigenvalue weighted by atomic mass is 9.99. The van der Waals surface area contributed by atoms with Crippen LogP contribution < -0.4 is 5.32 Å². The summed E-state index contributed by atoms with van der Waals surface area (Å²) in [6, 6.07) is 7.15. The fourth-order valence-electron chi connectivity index (χ4n) is 3.45. The van der Waals surface area contributed by atoms with Crippen molar-refractivity contribution in [2.75, 3.05) is 7.11 Å². The third-order valence-corrected chi connectivity index (χ3v) is 6.82. The Bertz CT molecular complexity index is 968. The lowest BCUT2D eigenvalue weighted by Gasteiger charge is -2.50. The number of allylic oxidation sites excluding steroid dienone is 2. The molecule has 1 N–H and O–H groups in total. The number of amides is 2. The van der Waals surface area contributed by atoms with Crippen molar-refractivity contribution >= 4 is 34.4 Å². The van der Waals surface area contributed by atoms with Crippen LogP contribution in [0.4, 0.5) is 0 Å². The van der Waals surface area contributed by atoms with Crippen molar-refractivity contribution in [3.63, 3.8) is 0 Å². The van der Waals surface area contributed by atoms with Crippen molar-refractivity contribution in [2.24, 2.45) is 0 Å². The number of carbonyl (C=O) groups is 4. The van der Waals surface area contributed by atoms with Crippen LogP contribution >= 0.6 is 0 Å². The lowest BCUT2D eigenvalue weighted by Crippen LogP contribution is -2.74. The van der Waals surface area contributed by atoms with Gasteiger partial charge in [-0.1, -0.05) is 24.3 Å². The highest BCUT2D eigenvalue weighted by molar-refractivity contribution is 7.87. The number of hydrogen-bond donors (Lipinski definition) is 1. The van der Waals surface area contributed by atoms with Gasteiger partial charge < -0.3 is 10.1 Å². The van der Waals surface area contributed by atoms with Crippen LogP contribution in [0.25, 0.3) is 0 Å². The highest BCUT2D eigenvalue weighted by Crippen LogP contribution is 2.38. The van der Waals surface area contributed by atoms with E-state index in [1.165, 1.54) is 19.1 Å². The molecule has 0 radical (unpaired) electrons. The fraction of sp³-hybridized carbons (Fsp3) is 0.300. The number of nitrogens with zero attached hydrogens (tertiary/aromatic N) is 1. The number of rotatable bonds is 5. The molecule has 1 saturated heterocycles. The number of fused-ring (bicyclic) bond motifs is 1. The number of hydrogen-bond acceptors (Lipinski definition) is 6. The smallest absolute Gasteiger partial charge is 0.354 e. The molecular weight excluding hydrogens is 396 g/mol. The van der Waals surface area contributed by atoms with E-state index in [2.05, 4.69) is 5.32 Å². The summed E-state index contributed by atoms with van der Waals surface area (Å²) in [6.45, 7) is 3.13. The molecule has 8 nitrogen and oxygen atoms in total. The summed E-state index contributed by atoms with van der Waals surface area (Å²) < 4.78 is 17.9. The van der Waals surface area contributed by atoms with Crippen molar-refractivity contribution in [2.45, 2.75) is 30.5 Å². The van der Waals surface area contributed by atoms with Gasteiger partial charge in [0.05, 0.1) is 17.9 Å². The Balaban J connectivity index is 1.97. The molecule has 1 aromatic carbocycles. The highest BCUT2D eigenvalue weighted by Gasteiger charge is 2.60. The van der Waals surface area contributed by atoms with E-state index in [1.54, 1.807) is 37.3 Å². The number of nitrogens with one attached hydrogen (secondary N) is 1. The van der Waals surface area contributed by atoms with Crippen molar-refractivity contribution in [3.8, 4) is 0 Å². The zero-order chi connectivity index (χ0) is 21.3. The van der Waals surface area contributed by atoms with Gasteiger partial charge in [0, 0.05) is 5.56 Å². The standard InChI is InChI=1S/C20H20N2O6S/c1-4-8-13(23)16-11(2)15(20(26)28-3)22-18(25)14(19(22)29(16)27)21-17(24)12-9-6-5-7-10-12/h4-10,14,16,19H,1-3H3,(H,21,24)/b8-4+/t14-,16?,19-,29?/m1/s1. The number of carbonyl (C=O) groups excluding carboxylic acids is 4. The summed E-state index contributed by atoms with van der Waals surface area (Å²) in [7, 11) is -0.709. The van der Waals surface area contributed by atoms with Crippen LogP contribution in [0.15, 0.2) is 53.8 Å². The Morgan fingerprint density at radius 2 is 1.86 bits per heavy atom. The van der Waals surface area contributed by atoms with E-state index in [0.29, 0.717) is 5.56 Å². The zero-order valence-corrected chi connectivity index (χ0v) is 16.9. The van der Waals surface area contributed by atoms with E-state index < -0.39 is 51.0 Å². The summed E-state index contributed by atoms with van der Waals surface area (Å²) in [5.74, 6) is -2.34. The predicted octanol–water partition coefficient (Wildman–Crippen LogP) is 0.676. The van der Waals surface area contributed by atoms with Gasteiger partial charge in [0.25, 0.3) is 11.8 Å². The first-order chi connectivity index (χ1) is 13.8. The second kappa shape index (κ2) is 8.12. The molecule has 3 rings (SSSR count). The predicted molar refractivity (Wildman–Crippen MR) is 105 cm³/mol. The Kier molecular flexibility index (Phi) is 5.78. The second-order valence-corrected chi connectivity index (χ2v) is 8.16. The minimum atomic E-state index is -1.87. The number of β-lactam (4-membered cyclic amide) rings is 1. The van der Waals surface area contributed by atoms with E-state index in [-0.39, 0.29) is 11.3 Å². The quantitative estimate of drug-likeness (QED) is 0.429. The molecule has 1 fully saturated rings. The fourth-order valence-corrected chi connectivity index (χ4v) is 5.37. The molecule has 0 spiro atoms. The van der Waals surface area contributed by atoms with Crippen LogP contribution in [0.5, 0.6) is 0 Å². The average Bonchev–Trinajstić information content (AvgIpc) is 2.72. The van der Waals surface area contributed by atoms with Gasteiger partial charge >= 0.3 is 5.97 Å². The van der Waals surface area contributed by atoms with E-state index in [9.17, 15) is 23.4 Å². The largest absolute Gasteiger partial charge is 0.464 e. The maximum Gasteiger partial charge on any atom is 0.354 e. The molecule has 4 atom stereocenters. The third-order valence-electron chi connectivity index (χ3n) is 4.81. The van der Waals surface area contributed by atoms with Gasteiger partial charge in [0.2, 0.25) is 0 Å². The average molecular weight is 416 g/mol. The molecule has 2 aliphatic heterocycles. The molecule has 152 valence electrons. The molecule has 0 aliphatic carbocycles. The van der Waals surface area contributed by atoms with Gasteiger partial charge in [-0.2, -0.15) is 0 Å². The van der Waals surface area contributed by atoms with Crippen LogP contribution in [0, 0.1) is 0 Å². The maximum atomic E-state index is 13.2. The third kappa shape index (κ3) is 3.42. The Morgan fingerprint density at radius 1 is 1.21 bits per heavy atom. The Hall–Kier alpha value is -3.07. The monoisotopic (exact) mass is 416 g/mol. The van der Waals surface area contributed by atoms with Crippen LogP contribution in [0.3, 0.4) is 0 Å². The van der Waals surface area contributed by atoms with E-state index >= 15 is 0 Å². The molecule has 0 aromatic heterocycles. The number of esters is 1. The lowest BCUT2D eigenvalue weighted by molar-refractivity contribution is -0.150. The van der Waals surface area contributed by atoms with Crippen LogP contribution in [0.1, 0.15) is 24.2 Å². The summed E-state index contributed by atoms with van der Waals surface area (Å²) in [6.07, 6.45) is 2.78. The summed E-state index contributed by atoms with van der Waals surface area (Å²) >= 11 is 0. The van der Waals surface area contributed by atoms with Crippen molar-refractivity contribution in [1.82, 2.24) is 10.2 Å². The molecule has 9 heteroatoms.